The predicted molar refractivity (Wildman–Crippen MR) is 336 cm³/mol. The number of unbranched alkanes of at least 4 members (excludes halogenated alkanes) is 2. The Hall–Kier alpha value is -9.05. The number of hydrogen-bond acceptors (Lipinski definition) is 19. The minimum absolute atomic E-state index is 0.0752. The average Bonchev–Trinajstić information content (AvgIpc) is 0.878. The lowest BCUT2D eigenvalue weighted by molar-refractivity contribution is -0.142. The summed E-state index contributed by atoms with van der Waals surface area (Å²) in [5.41, 5.74) is 22.8. The Morgan fingerprint density at radius 2 is 0.691 bits per heavy atom. The summed E-state index contributed by atoms with van der Waals surface area (Å²) in [6.07, 6.45) is -6.69. The van der Waals surface area contributed by atoms with E-state index in [9.17, 15) is 92.3 Å². The molecular weight excluding hydrogens is 1230 g/mol. The van der Waals surface area contributed by atoms with Crippen molar-refractivity contribution < 1.29 is 92.3 Å². The van der Waals surface area contributed by atoms with Crippen LogP contribution < -0.4 is 81.4 Å². The van der Waals surface area contributed by atoms with Crippen LogP contribution in [0.2, 0.25) is 0 Å². The fourth-order valence-electron chi connectivity index (χ4n) is 9.82. The topological polar surface area (TPSA) is 573 Å². The number of carbonyl (C=O) groups excluding carboxylic acids is 13. The molecule has 0 unspecified atom stereocenters. The van der Waals surface area contributed by atoms with Crippen molar-refractivity contribution in [2.75, 3.05) is 13.1 Å². The first kappa shape index (κ1) is 81.0. The zero-order chi connectivity index (χ0) is 71.1. The third-order valence-electron chi connectivity index (χ3n) is 14.6. The minimum Gasteiger partial charge on any atom is -0.508 e. The van der Waals surface area contributed by atoms with Crippen LogP contribution in [0.3, 0.4) is 0 Å². The number of phenolic OH excluding ortho intramolecular Hbond substituents is 1. The highest BCUT2D eigenvalue weighted by atomic mass is 16.4. The number of carboxylic acids is 2. The van der Waals surface area contributed by atoms with E-state index in [-0.39, 0.29) is 88.5 Å². The second kappa shape index (κ2) is 40.8. The third-order valence-corrected chi connectivity index (χ3v) is 14.6. The van der Waals surface area contributed by atoms with E-state index in [4.69, 9.17) is 22.9 Å². The van der Waals surface area contributed by atoms with Crippen LogP contribution in [-0.4, -0.2) is 195 Å². The summed E-state index contributed by atoms with van der Waals surface area (Å²) in [7, 11) is 0. The molecule has 34 heteroatoms. The first-order valence-corrected chi connectivity index (χ1v) is 31.3. The quantitative estimate of drug-likeness (QED) is 0.0387. The van der Waals surface area contributed by atoms with Crippen LogP contribution in [0.1, 0.15) is 144 Å². The molecule has 23 N–H and O–H groups in total. The summed E-state index contributed by atoms with van der Waals surface area (Å²) in [5.74, 6) is -19.6. The lowest BCUT2D eigenvalue weighted by atomic mass is 9.98. The smallest absolute Gasteiger partial charge is 0.305 e. The number of aromatic hydroxyl groups is 1. The Labute approximate surface area is 544 Å². The van der Waals surface area contributed by atoms with Gasteiger partial charge in [-0.1, -0.05) is 53.7 Å². The molecule has 0 radical (unpaired) electrons. The lowest BCUT2D eigenvalue weighted by Crippen LogP contribution is -2.62. The number of rotatable bonds is 26. The number of aliphatic hydroxyl groups is 1. The molecule has 1 aliphatic heterocycles. The monoisotopic (exact) mass is 1330 g/mol. The number of primary amides is 2. The number of carbonyl (C=O) groups is 15. The van der Waals surface area contributed by atoms with E-state index in [1.54, 1.807) is 41.5 Å². The number of aliphatic hydroxyl groups excluding tert-OH is 1. The summed E-state index contributed by atoms with van der Waals surface area (Å²) in [5, 5.41) is 67.3. The van der Waals surface area contributed by atoms with Gasteiger partial charge in [0, 0.05) is 12.8 Å². The highest BCUT2D eigenvalue weighted by Gasteiger charge is 2.39. The standard InChI is InChI=1S/C60H97N15O19/c1-29(2)22-38-54(88)71-41(25-33-14-16-34(77)17-15-33)56(90)70-39(23-30(3)4)53(87)69-40(24-31(5)6)55(89)74-44(28-48(82)83)59(93)73-43(27-46(64)79)58(92)72-42(26-45(63)78)57(91)66-36(13-9-11-21-62)52(86)75-49(32(7)76)60(94)67-37(18-19-47(80)81)51(85)65-35(50(84)68-38)12-8-10-20-61/h14-17,29-32,35-44,49,76-77H,8-13,18-28,61-62H2,1-7H3,(H2,63,78)(H2,64,79)(H,65,85)(H,66,91)(H,67,94)(H,68,84)(H,69,87)(H,70,90)(H,71,88)(H,72,92)(H,73,93)(H,74,89)(H,75,86)(H,80,81)(H,82,83)/t32-,35+,36+,37+,38+,39+,40+,41+,42+,43+,44+,49+/m1/s1. The molecule has 0 bridgehead atoms. The molecule has 13 amide bonds. The maximum atomic E-state index is 14.7. The Kier molecular flexibility index (Phi) is 35.2. The molecule has 1 aromatic carbocycles. The van der Waals surface area contributed by atoms with Crippen LogP contribution in [0, 0.1) is 17.8 Å². The van der Waals surface area contributed by atoms with Crippen molar-refractivity contribution in [2.45, 2.75) is 217 Å². The van der Waals surface area contributed by atoms with Gasteiger partial charge < -0.3 is 102 Å². The second-order valence-corrected chi connectivity index (χ2v) is 24.5. The van der Waals surface area contributed by atoms with Crippen LogP contribution >= 0.6 is 0 Å². The van der Waals surface area contributed by atoms with Crippen LogP contribution in [0.5, 0.6) is 5.75 Å². The molecule has 1 aromatic rings. The van der Waals surface area contributed by atoms with Gasteiger partial charge in [0.05, 0.1) is 25.4 Å². The largest absolute Gasteiger partial charge is 0.508 e. The maximum Gasteiger partial charge on any atom is 0.305 e. The Morgan fingerprint density at radius 1 is 0.394 bits per heavy atom. The maximum absolute atomic E-state index is 14.7. The van der Waals surface area contributed by atoms with Crippen molar-refractivity contribution >= 4 is 88.7 Å². The number of carboxylic acid groups (broad SMARTS) is 2. The van der Waals surface area contributed by atoms with Gasteiger partial charge in [-0.15, -0.1) is 0 Å². The van der Waals surface area contributed by atoms with E-state index in [1.165, 1.54) is 24.3 Å². The number of amides is 13. The summed E-state index contributed by atoms with van der Waals surface area (Å²) in [6, 6.07) is -13.8. The van der Waals surface area contributed by atoms with Crippen LogP contribution in [0.15, 0.2) is 24.3 Å². The number of aliphatic carboxylic acids is 2. The molecule has 0 saturated carbocycles. The van der Waals surface area contributed by atoms with E-state index in [0.29, 0.717) is 12.0 Å². The van der Waals surface area contributed by atoms with Crippen molar-refractivity contribution in [3.63, 3.8) is 0 Å². The fourth-order valence-corrected chi connectivity index (χ4v) is 9.82. The number of phenols is 1. The molecule has 1 fully saturated rings. The van der Waals surface area contributed by atoms with Crippen LogP contribution in [0.4, 0.5) is 0 Å². The Balaban J connectivity index is 3.04. The Morgan fingerprint density at radius 3 is 1.03 bits per heavy atom. The van der Waals surface area contributed by atoms with Crippen molar-refractivity contribution in [3.8, 4) is 5.75 Å². The van der Waals surface area contributed by atoms with Crippen LogP contribution in [-0.2, 0) is 78.3 Å². The Bertz CT molecular complexity index is 2800. The SMILES string of the molecule is CC(C)C[C@@H]1NC(=O)[C@H](CC(C)C)NC(=O)[C@H](Cc2ccc(O)cc2)NC(=O)[C@H](CC(C)C)NC(=O)[C@H](CCCCN)NC(=O)[C@H](CCC(=O)O)NC(=O)[C@H]([C@@H](C)O)NC(=O)[C@H](CCCCN)NC(=O)[C@H](CC(N)=O)NC(=O)[C@H](CC(N)=O)NC(=O)[C@H](CC(=O)O)NC1=O. The molecule has 1 saturated heterocycles. The molecular formula is C60H97N15O19. The summed E-state index contributed by atoms with van der Waals surface area (Å²) in [4.78, 5) is 207. The first-order valence-electron chi connectivity index (χ1n) is 31.3. The summed E-state index contributed by atoms with van der Waals surface area (Å²) >= 11 is 0. The molecule has 0 aliphatic carbocycles. The van der Waals surface area contributed by atoms with E-state index >= 15 is 0 Å². The van der Waals surface area contributed by atoms with E-state index in [2.05, 4.69) is 58.5 Å². The first-order chi connectivity index (χ1) is 44.0. The summed E-state index contributed by atoms with van der Waals surface area (Å²) in [6.45, 7) is 11.4. The zero-order valence-corrected chi connectivity index (χ0v) is 54.2. The number of hydrogen-bond donors (Lipinski definition) is 19. The lowest BCUT2D eigenvalue weighted by Gasteiger charge is -2.29. The molecule has 12 atom stereocenters. The van der Waals surface area contributed by atoms with Crippen LogP contribution in [0.25, 0.3) is 0 Å². The van der Waals surface area contributed by atoms with Gasteiger partial charge in [-0.05, 0) is 120 Å². The van der Waals surface area contributed by atoms with Crippen molar-refractivity contribution in [2.24, 2.45) is 40.7 Å². The highest BCUT2D eigenvalue weighted by molar-refractivity contribution is 6.02. The van der Waals surface area contributed by atoms with Gasteiger partial charge >= 0.3 is 11.9 Å². The minimum atomic E-state index is -2.09. The van der Waals surface area contributed by atoms with Gasteiger partial charge in [0.25, 0.3) is 0 Å². The van der Waals surface area contributed by atoms with Crippen molar-refractivity contribution in [3.05, 3.63) is 29.8 Å². The molecule has 526 valence electrons. The van der Waals surface area contributed by atoms with Gasteiger partial charge in [0.2, 0.25) is 76.8 Å². The van der Waals surface area contributed by atoms with Gasteiger partial charge in [-0.3, -0.25) is 71.9 Å². The third kappa shape index (κ3) is 30.1. The number of nitrogens with two attached hydrogens (primary N) is 4. The van der Waals surface area contributed by atoms with E-state index in [1.807, 2.05) is 0 Å². The highest BCUT2D eigenvalue weighted by Crippen LogP contribution is 2.17. The number of nitrogens with one attached hydrogen (secondary N) is 11. The van der Waals surface area contributed by atoms with Gasteiger partial charge in [0.15, 0.2) is 0 Å². The van der Waals surface area contributed by atoms with Gasteiger partial charge in [-0.2, -0.15) is 0 Å². The van der Waals surface area contributed by atoms with Crippen molar-refractivity contribution in [1.29, 1.82) is 0 Å². The molecule has 94 heavy (non-hydrogen) atoms. The van der Waals surface area contributed by atoms with E-state index < -0.39 is 199 Å². The fraction of sp³-hybridized carbons (Fsp3) is 0.650. The van der Waals surface area contributed by atoms with Gasteiger partial charge in [0.1, 0.15) is 72.2 Å². The van der Waals surface area contributed by atoms with E-state index in [0.717, 1.165) is 6.92 Å². The molecule has 2 rings (SSSR count). The number of benzene rings is 1. The normalized spacial score (nSPS) is 24.6. The molecule has 1 aliphatic rings. The molecule has 0 aromatic heterocycles. The van der Waals surface area contributed by atoms with Gasteiger partial charge in [-0.25, -0.2) is 0 Å². The molecule has 34 nitrogen and oxygen atoms in total. The van der Waals surface area contributed by atoms with Crippen molar-refractivity contribution in [1.82, 2.24) is 58.5 Å². The zero-order valence-electron chi connectivity index (χ0n) is 54.2. The summed E-state index contributed by atoms with van der Waals surface area (Å²) < 4.78 is 0. The average molecular weight is 1330 g/mol. The predicted octanol–water partition coefficient (Wildman–Crippen LogP) is -4.85. The second-order valence-electron chi connectivity index (χ2n) is 24.5. The molecule has 1 heterocycles. The molecule has 0 spiro atoms.